The Morgan fingerprint density at radius 1 is 1.07 bits per heavy atom. The first-order chi connectivity index (χ1) is 13.8. The van der Waals surface area contributed by atoms with Crippen molar-refractivity contribution in [1.29, 1.82) is 5.26 Å². The van der Waals surface area contributed by atoms with Gasteiger partial charge in [-0.15, -0.1) is 0 Å². The quantitative estimate of drug-likeness (QED) is 0.820. The number of methoxy groups -OCH3 is 1. The first kappa shape index (κ1) is 17.7. The summed E-state index contributed by atoms with van der Waals surface area (Å²) in [5, 5.41) is 9.25. The molecule has 0 radical (unpaired) electrons. The maximum Gasteiger partial charge on any atom is 0.119 e. The molecule has 4 nitrogen and oxygen atoms in total. The lowest BCUT2D eigenvalue weighted by Gasteiger charge is -2.51. The molecule has 0 unspecified atom stereocenters. The van der Waals surface area contributed by atoms with Crippen LogP contribution in [-0.2, 0) is 6.54 Å². The average Bonchev–Trinajstić information content (AvgIpc) is 3.16. The van der Waals surface area contributed by atoms with Gasteiger partial charge in [0.05, 0.1) is 18.7 Å². The number of fused-ring (bicyclic) bond motifs is 2. The molecular weight excluding hydrogens is 346 g/mol. The minimum absolute atomic E-state index is 0.516. The van der Waals surface area contributed by atoms with Crippen molar-refractivity contribution >= 4 is 0 Å². The zero-order valence-electron chi connectivity index (χ0n) is 16.4. The molecule has 4 heteroatoms. The maximum absolute atomic E-state index is 9.25. The number of piperidine rings is 3. The number of hydrogen-bond acceptors (Lipinski definition) is 4. The minimum atomic E-state index is 0.516. The number of hydrogen-bond donors (Lipinski definition) is 0. The molecular formula is C24H27N3O. The van der Waals surface area contributed by atoms with Gasteiger partial charge in [-0.25, -0.2) is 0 Å². The van der Waals surface area contributed by atoms with Crippen molar-refractivity contribution in [3.05, 3.63) is 65.2 Å². The van der Waals surface area contributed by atoms with E-state index in [1.54, 1.807) is 7.11 Å². The van der Waals surface area contributed by atoms with E-state index in [2.05, 4.69) is 46.2 Å². The molecule has 0 aliphatic carbocycles. The zero-order valence-corrected chi connectivity index (χ0v) is 16.4. The smallest absolute Gasteiger partial charge is 0.119 e. The van der Waals surface area contributed by atoms with Crippen LogP contribution in [0.15, 0.2) is 48.5 Å². The van der Waals surface area contributed by atoms with E-state index in [9.17, 15) is 5.26 Å². The van der Waals surface area contributed by atoms with Gasteiger partial charge in [0.15, 0.2) is 0 Å². The van der Waals surface area contributed by atoms with Crippen LogP contribution in [0.25, 0.3) is 0 Å². The van der Waals surface area contributed by atoms with Gasteiger partial charge in [0.25, 0.3) is 0 Å². The first-order valence-electron chi connectivity index (χ1n) is 10.4. The third kappa shape index (κ3) is 2.99. The van der Waals surface area contributed by atoms with E-state index < -0.39 is 0 Å². The molecule has 3 atom stereocenters. The molecule has 0 spiro atoms. The summed E-state index contributed by atoms with van der Waals surface area (Å²) in [7, 11) is 1.75. The Balaban J connectivity index is 1.47. The second-order valence-electron chi connectivity index (χ2n) is 8.48. The molecule has 4 saturated heterocycles. The first-order valence-corrected chi connectivity index (χ1v) is 10.4. The van der Waals surface area contributed by atoms with Crippen LogP contribution in [0, 0.1) is 17.2 Å². The van der Waals surface area contributed by atoms with Gasteiger partial charge in [-0.2, -0.15) is 5.26 Å². The van der Waals surface area contributed by atoms with Crippen LogP contribution in [0.2, 0.25) is 0 Å². The number of nitrogens with zero attached hydrogens (tertiary/aromatic N) is 3. The fraction of sp³-hybridized carbons (Fsp3) is 0.458. The molecule has 4 heterocycles. The summed E-state index contributed by atoms with van der Waals surface area (Å²) in [5.74, 6) is 2.26. The highest BCUT2D eigenvalue weighted by atomic mass is 16.5. The summed E-state index contributed by atoms with van der Waals surface area (Å²) in [4.78, 5) is 5.43. The standard InChI is InChI=1S/C24H27N3O/c1-28-21-7-3-6-20(13-21)22-16-27(15-18-5-2-4-17(12-18)14-25)23-19-8-10-26(11-9-19)24(22)23/h2-7,12-13,19,22-24H,8-11,15-16H2,1H3/t22-,23-,24-/m1/s1. The lowest BCUT2D eigenvalue weighted by Crippen LogP contribution is -2.59. The molecule has 144 valence electrons. The van der Waals surface area contributed by atoms with E-state index in [0.717, 1.165) is 30.3 Å². The Labute approximate surface area is 167 Å². The molecule has 28 heavy (non-hydrogen) atoms. The number of rotatable bonds is 4. The molecule has 0 aromatic heterocycles. The van der Waals surface area contributed by atoms with Crippen LogP contribution in [0.4, 0.5) is 0 Å². The molecule has 0 saturated carbocycles. The van der Waals surface area contributed by atoms with Crippen molar-refractivity contribution in [2.45, 2.75) is 37.4 Å². The van der Waals surface area contributed by atoms with Crippen LogP contribution < -0.4 is 4.74 Å². The third-order valence-corrected chi connectivity index (χ3v) is 7.06. The van der Waals surface area contributed by atoms with E-state index in [0.29, 0.717) is 18.0 Å². The predicted octanol–water partition coefficient (Wildman–Crippen LogP) is 3.63. The molecule has 4 fully saturated rings. The summed E-state index contributed by atoms with van der Waals surface area (Å²) in [5.41, 5.74) is 3.40. The van der Waals surface area contributed by atoms with E-state index in [1.165, 1.54) is 37.1 Å². The summed E-state index contributed by atoms with van der Waals surface area (Å²) in [6.07, 6.45) is 2.64. The monoisotopic (exact) mass is 373 g/mol. The van der Waals surface area contributed by atoms with Crippen molar-refractivity contribution in [3.8, 4) is 11.8 Å². The van der Waals surface area contributed by atoms with Gasteiger partial charge in [0.1, 0.15) is 5.75 Å². The van der Waals surface area contributed by atoms with Gasteiger partial charge in [-0.1, -0.05) is 24.3 Å². The Morgan fingerprint density at radius 3 is 2.68 bits per heavy atom. The number of ether oxygens (including phenoxy) is 1. The van der Waals surface area contributed by atoms with E-state index in [4.69, 9.17) is 4.74 Å². The van der Waals surface area contributed by atoms with Crippen molar-refractivity contribution in [3.63, 3.8) is 0 Å². The molecule has 0 N–H and O–H groups in total. The molecule has 2 aromatic rings. The molecule has 4 aliphatic heterocycles. The molecule has 4 aliphatic rings. The summed E-state index contributed by atoms with van der Waals surface area (Å²) in [6, 6.07) is 20.3. The van der Waals surface area contributed by atoms with E-state index in [1.807, 2.05) is 18.2 Å². The van der Waals surface area contributed by atoms with Crippen LogP contribution in [-0.4, -0.2) is 48.6 Å². The Morgan fingerprint density at radius 2 is 1.89 bits per heavy atom. The van der Waals surface area contributed by atoms with Gasteiger partial charge in [-0.05, 0) is 67.2 Å². The maximum atomic E-state index is 9.25. The minimum Gasteiger partial charge on any atom is -0.497 e. The second-order valence-corrected chi connectivity index (χ2v) is 8.48. The Kier molecular flexibility index (Phi) is 4.58. The summed E-state index contributed by atoms with van der Waals surface area (Å²) < 4.78 is 5.50. The van der Waals surface area contributed by atoms with Crippen molar-refractivity contribution in [1.82, 2.24) is 9.80 Å². The highest BCUT2D eigenvalue weighted by Gasteiger charge is 2.53. The Bertz CT molecular complexity index is 897. The molecule has 2 aromatic carbocycles. The zero-order chi connectivity index (χ0) is 19.1. The average molecular weight is 374 g/mol. The fourth-order valence-corrected chi connectivity index (χ4v) is 5.86. The van der Waals surface area contributed by atoms with Crippen molar-refractivity contribution < 1.29 is 4.74 Å². The van der Waals surface area contributed by atoms with Crippen LogP contribution in [0.3, 0.4) is 0 Å². The third-order valence-electron chi connectivity index (χ3n) is 7.06. The van der Waals surface area contributed by atoms with Gasteiger partial charge < -0.3 is 4.74 Å². The van der Waals surface area contributed by atoms with Gasteiger partial charge in [0, 0.05) is 31.1 Å². The normalized spacial score (nSPS) is 31.4. The van der Waals surface area contributed by atoms with Crippen molar-refractivity contribution in [2.75, 3.05) is 26.7 Å². The highest BCUT2D eigenvalue weighted by molar-refractivity contribution is 5.35. The van der Waals surface area contributed by atoms with Crippen LogP contribution >= 0.6 is 0 Å². The van der Waals surface area contributed by atoms with Gasteiger partial charge in [-0.3, -0.25) is 9.80 Å². The Hall–Kier alpha value is -2.35. The van der Waals surface area contributed by atoms with Gasteiger partial charge in [0.2, 0.25) is 0 Å². The largest absolute Gasteiger partial charge is 0.497 e. The number of benzene rings is 2. The highest BCUT2D eigenvalue weighted by Crippen LogP contribution is 2.47. The second kappa shape index (κ2) is 7.24. The summed E-state index contributed by atoms with van der Waals surface area (Å²) >= 11 is 0. The molecule has 0 amide bonds. The lowest BCUT2D eigenvalue weighted by molar-refractivity contribution is -0.00869. The molecule has 6 rings (SSSR count). The van der Waals surface area contributed by atoms with Crippen LogP contribution in [0.5, 0.6) is 5.75 Å². The number of likely N-dealkylation sites (tertiary alicyclic amines) is 1. The fourth-order valence-electron chi connectivity index (χ4n) is 5.86. The SMILES string of the molecule is COc1cccc([C@H]2CN(Cc3cccc(C#N)c3)[C@@H]3C4CCN(CC4)[C@H]23)c1. The number of nitriles is 1. The summed E-state index contributed by atoms with van der Waals surface area (Å²) in [6.45, 7) is 4.49. The van der Waals surface area contributed by atoms with Crippen molar-refractivity contribution in [2.24, 2.45) is 5.92 Å². The lowest BCUT2D eigenvalue weighted by atomic mass is 9.75. The topological polar surface area (TPSA) is 39.5 Å². The van der Waals surface area contributed by atoms with E-state index in [-0.39, 0.29) is 0 Å². The van der Waals surface area contributed by atoms with E-state index >= 15 is 0 Å². The molecule has 2 bridgehead atoms. The predicted molar refractivity (Wildman–Crippen MR) is 109 cm³/mol. The van der Waals surface area contributed by atoms with Crippen LogP contribution in [0.1, 0.15) is 35.4 Å². The van der Waals surface area contributed by atoms with Gasteiger partial charge >= 0.3 is 0 Å².